The summed E-state index contributed by atoms with van der Waals surface area (Å²) in [5.74, 6) is -1.69. The van der Waals surface area contributed by atoms with Gasteiger partial charge >= 0.3 is 5.97 Å². The van der Waals surface area contributed by atoms with Crippen LogP contribution in [-0.4, -0.2) is 31.6 Å². The topological polar surface area (TPSA) is 72.6 Å². The third kappa shape index (κ3) is 4.68. The molecule has 1 saturated heterocycles. The minimum Gasteiger partial charge on any atom is -0.462 e. The van der Waals surface area contributed by atoms with E-state index in [0.717, 1.165) is 37.2 Å². The van der Waals surface area contributed by atoms with Crippen molar-refractivity contribution in [2.24, 2.45) is 5.73 Å². The van der Waals surface area contributed by atoms with Crippen molar-refractivity contribution in [3.63, 3.8) is 0 Å². The van der Waals surface area contributed by atoms with Crippen molar-refractivity contribution in [1.29, 1.82) is 0 Å². The third-order valence-corrected chi connectivity index (χ3v) is 5.71. The zero-order chi connectivity index (χ0) is 21.7. The first-order chi connectivity index (χ1) is 14.4. The van der Waals surface area contributed by atoms with Crippen molar-refractivity contribution in [1.82, 2.24) is 0 Å². The van der Waals surface area contributed by atoms with E-state index in [2.05, 4.69) is 11.5 Å². The first-order valence-corrected chi connectivity index (χ1v) is 10.6. The van der Waals surface area contributed by atoms with Gasteiger partial charge in [0.25, 0.3) is 0 Å². The number of amides is 1. The molecule has 0 bridgehead atoms. The number of nitrogens with two attached hydrogens (primary N) is 1. The molecule has 2 aromatic rings. The minimum atomic E-state index is -0.760. The number of benzene rings is 2. The van der Waals surface area contributed by atoms with E-state index in [0.29, 0.717) is 28.3 Å². The van der Waals surface area contributed by atoms with Gasteiger partial charge in [-0.2, -0.15) is 0 Å². The number of anilines is 1. The summed E-state index contributed by atoms with van der Waals surface area (Å²) in [6, 6.07) is 12.4. The molecule has 2 aromatic carbocycles. The molecule has 3 rings (SSSR count). The van der Waals surface area contributed by atoms with Crippen LogP contribution in [-0.2, 0) is 9.53 Å². The van der Waals surface area contributed by atoms with E-state index in [1.807, 2.05) is 12.1 Å². The summed E-state index contributed by atoms with van der Waals surface area (Å²) in [5.41, 5.74) is 9.13. The number of nitrogens with zero attached hydrogens (tertiary/aromatic N) is 1. The number of piperidine rings is 1. The second kappa shape index (κ2) is 9.81. The van der Waals surface area contributed by atoms with Crippen LogP contribution in [0.2, 0.25) is 5.02 Å². The highest BCUT2D eigenvalue weighted by Gasteiger charge is 2.27. The summed E-state index contributed by atoms with van der Waals surface area (Å²) >= 11 is 6.58. The predicted octanol–water partition coefficient (Wildman–Crippen LogP) is 4.79. The van der Waals surface area contributed by atoms with Crippen LogP contribution in [0.4, 0.5) is 5.69 Å². The monoisotopic (exact) mass is 426 g/mol. The van der Waals surface area contributed by atoms with Gasteiger partial charge in [0.1, 0.15) is 0 Å². The number of halogens is 1. The fraction of sp³-hybridized carbons (Fsp3) is 0.333. The second-order valence-corrected chi connectivity index (χ2v) is 7.79. The Kier molecular flexibility index (Phi) is 7.16. The minimum absolute atomic E-state index is 0.299. The highest BCUT2D eigenvalue weighted by Crippen LogP contribution is 2.40. The smallest absolute Gasteiger partial charge is 0.338 e. The van der Waals surface area contributed by atoms with Crippen molar-refractivity contribution in [2.75, 3.05) is 24.6 Å². The molecule has 1 aliphatic heterocycles. The van der Waals surface area contributed by atoms with E-state index in [4.69, 9.17) is 22.1 Å². The van der Waals surface area contributed by atoms with Crippen molar-refractivity contribution in [3.8, 4) is 0 Å². The summed E-state index contributed by atoms with van der Waals surface area (Å²) in [6.45, 7) is 8.16. The van der Waals surface area contributed by atoms with Gasteiger partial charge in [-0.3, -0.25) is 4.79 Å². The molecule has 5 nitrogen and oxygen atoms in total. The first kappa shape index (κ1) is 21.9. The highest BCUT2D eigenvalue weighted by atomic mass is 35.5. The van der Waals surface area contributed by atoms with E-state index in [-0.39, 0.29) is 0 Å². The van der Waals surface area contributed by atoms with Crippen LogP contribution < -0.4 is 10.6 Å². The standard InChI is InChI=1S/C24H27ClN2O3/c1-3-30-24(29)18-12-10-17(11-13-18)21(23(26)28)16(2)22-19(25)8-7-9-20(22)27-14-5-4-6-15-27/h7-13,21H,2-6,14-15H2,1H3,(H2,26,28). The number of hydrogen-bond donors (Lipinski definition) is 1. The molecule has 1 fully saturated rings. The third-order valence-electron chi connectivity index (χ3n) is 5.40. The van der Waals surface area contributed by atoms with Crippen LogP contribution in [0.3, 0.4) is 0 Å². The summed E-state index contributed by atoms with van der Waals surface area (Å²) in [7, 11) is 0. The molecule has 1 unspecified atom stereocenters. The van der Waals surface area contributed by atoms with Gasteiger partial charge in [-0.25, -0.2) is 4.79 Å². The van der Waals surface area contributed by atoms with Gasteiger partial charge < -0.3 is 15.4 Å². The van der Waals surface area contributed by atoms with Crippen LogP contribution in [0.25, 0.3) is 5.57 Å². The SMILES string of the molecule is C=C(c1c(Cl)cccc1N1CCCCC1)C(C(N)=O)c1ccc(C(=O)OCC)cc1. The molecule has 1 heterocycles. The average Bonchev–Trinajstić information content (AvgIpc) is 2.74. The lowest BCUT2D eigenvalue weighted by Gasteiger charge is -2.32. The molecule has 2 N–H and O–H groups in total. The van der Waals surface area contributed by atoms with Crippen molar-refractivity contribution < 1.29 is 14.3 Å². The number of carbonyl (C=O) groups is 2. The fourth-order valence-corrected chi connectivity index (χ4v) is 4.23. The molecule has 6 heteroatoms. The number of esters is 1. The lowest BCUT2D eigenvalue weighted by atomic mass is 9.85. The molecular weight excluding hydrogens is 400 g/mol. The number of ether oxygens (including phenoxy) is 1. The lowest BCUT2D eigenvalue weighted by Crippen LogP contribution is -2.31. The van der Waals surface area contributed by atoms with Gasteiger partial charge in [0, 0.05) is 24.3 Å². The molecule has 0 spiro atoms. The maximum atomic E-state index is 12.4. The molecule has 1 aliphatic rings. The first-order valence-electron chi connectivity index (χ1n) is 10.2. The average molecular weight is 427 g/mol. The van der Waals surface area contributed by atoms with E-state index in [9.17, 15) is 9.59 Å². The van der Waals surface area contributed by atoms with Crippen molar-refractivity contribution >= 4 is 34.7 Å². The van der Waals surface area contributed by atoms with Gasteiger partial charge in [-0.05, 0) is 61.6 Å². The van der Waals surface area contributed by atoms with Gasteiger partial charge in [0.15, 0.2) is 0 Å². The fourth-order valence-electron chi connectivity index (χ4n) is 3.94. The Morgan fingerprint density at radius 3 is 2.40 bits per heavy atom. The van der Waals surface area contributed by atoms with E-state index >= 15 is 0 Å². The largest absolute Gasteiger partial charge is 0.462 e. The Morgan fingerprint density at radius 2 is 1.80 bits per heavy atom. The second-order valence-electron chi connectivity index (χ2n) is 7.38. The Bertz CT molecular complexity index is 934. The van der Waals surface area contributed by atoms with Crippen LogP contribution in [0.15, 0.2) is 49.0 Å². The molecule has 1 atom stereocenters. The molecule has 30 heavy (non-hydrogen) atoms. The van der Waals surface area contributed by atoms with Crippen molar-refractivity contribution in [2.45, 2.75) is 32.1 Å². The number of rotatable bonds is 7. The zero-order valence-corrected chi connectivity index (χ0v) is 18.0. The van der Waals surface area contributed by atoms with E-state index in [1.165, 1.54) is 6.42 Å². The molecule has 0 aromatic heterocycles. The summed E-state index contributed by atoms with van der Waals surface area (Å²) < 4.78 is 5.02. The molecular formula is C24H27ClN2O3. The molecule has 0 radical (unpaired) electrons. The van der Waals surface area contributed by atoms with Crippen LogP contribution in [0.5, 0.6) is 0 Å². The molecule has 0 saturated carbocycles. The van der Waals surface area contributed by atoms with E-state index in [1.54, 1.807) is 37.3 Å². The Labute approximate surface area is 182 Å². The van der Waals surface area contributed by atoms with Crippen LogP contribution in [0, 0.1) is 0 Å². The van der Waals surface area contributed by atoms with Gasteiger partial charge in [-0.1, -0.05) is 36.4 Å². The zero-order valence-electron chi connectivity index (χ0n) is 17.2. The number of carbonyl (C=O) groups excluding carboxylic acids is 2. The number of hydrogen-bond acceptors (Lipinski definition) is 4. The Hall–Kier alpha value is -2.79. The Balaban J connectivity index is 1.97. The molecule has 1 amide bonds. The van der Waals surface area contributed by atoms with Crippen LogP contribution in [0.1, 0.15) is 53.6 Å². The van der Waals surface area contributed by atoms with E-state index < -0.39 is 17.8 Å². The van der Waals surface area contributed by atoms with Gasteiger partial charge in [-0.15, -0.1) is 0 Å². The van der Waals surface area contributed by atoms with Gasteiger partial charge in [0.05, 0.1) is 23.1 Å². The quantitative estimate of drug-likeness (QED) is 0.646. The maximum absolute atomic E-state index is 12.4. The normalized spacial score (nSPS) is 14.8. The predicted molar refractivity (Wildman–Crippen MR) is 121 cm³/mol. The summed E-state index contributed by atoms with van der Waals surface area (Å²) in [5, 5.41) is 0.539. The number of primary amides is 1. The highest BCUT2D eigenvalue weighted by molar-refractivity contribution is 6.33. The summed E-state index contributed by atoms with van der Waals surface area (Å²) in [4.78, 5) is 26.7. The van der Waals surface area contributed by atoms with Gasteiger partial charge in [0.2, 0.25) is 5.91 Å². The summed E-state index contributed by atoms with van der Waals surface area (Å²) in [6.07, 6.45) is 3.45. The maximum Gasteiger partial charge on any atom is 0.338 e. The Morgan fingerprint density at radius 1 is 1.13 bits per heavy atom. The lowest BCUT2D eigenvalue weighted by molar-refractivity contribution is -0.118. The molecule has 0 aliphatic carbocycles. The van der Waals surface area contributed by atoms with Crippen LogP contribution >= 0.6 is 11.6 Å². The van der Waals surface area contributed by atoms with Crippen molar-refractivity contribution in [3.05, 3.63) is 70.8 Å². The molecule has 158 valence electrons.